The van der Waals surface area contributed by atoms with Crippen molar-refractivity contribution in [2.75, 3.05) is 23.9 Å². The average Bonchev–Trinajstić information content (AvgIpc) is 3.04. The number of nitrogens with one attached hydrogen (secondary N) is 1. The maximum Gasteiger partial charge on any atom is 0.248 e. The van der Waals surface area contributed by atoms with Crippen LogP contribution < -0.4 is 20.7 Å². The number of nitrogens with two attached hydrogens (primary N) is 1. The molecule has 0 unspecified atom stereocenters. The van der Waals surface area contributed by atoms with E-state index in [4.69, 9.17) is 22.1 Å². The Morgan fingerprint density at radius 3 is 2.56 bits per heavy atom. The third-order valence-electron chi connectivity index (χ3n) is 4.36. The zero-order chi connectivity index (χ0) is 19.6. The van der Waals surface area contributed by atoms with Crippen LogP contribution in [0.25, 0.3) is 0 Å². The summed E-state index contributed by atoms with van der Waals surface area (Å²) in [6.45, 7) is 0.223. The zero-order valence-electron chi connectivity index (χ0n) is 14.6. The second kappa shape index (κ2) is 7.67. The Bertz CT molecular complexity index is 898. The van der Waals surface area contributed by atoms with Crippen LogP contribution in [0.4, 0.5) is 11.4 Å². The summed E-state index contributed by atoms with van der Waals surface area (Å²) in [7, 11) is 1.51. The number of amides is 3. The summed E-state index contributed by atoms with van der Waals surface area (Å²) in [4.78, 5) is 37.6. The average molecular weight is 388 g/mol. The number of hydrogen-bond donors (Lipinski definition) is 2. The van der Waals surface area contributed by atoms with Gasteiger partial charge < -0.3 is 20.7 Å². The van der Waals surface area contributed by atoms with Crippen LogP contribution in [-0.2, 0) is 9.59 Å². The van der Waals surface area contributed by atoms with Gasteiger partial charge in [0.05, 0.1) is 18.7 Å². The molecule has 0 bridgehead atoms. The molecular formula is C19H18ClN3O4. The van der Waals surface area contributed by atoms with E-state index in [1.807, 2.05) is 0 Å². The van der Waals surface area contributed by atoms with E-state index in [1.165, 1.54) is 24.1 Å². The van der Waals surface area contributed by atoms with Crippen LogP contribution in [0.2, 0.25) is 5.02 Å². The van der Waals surface area contributed by atoms with Gasteiger partial charge in [-0.2, -0.15) is 0 Å². The van der Waals surface area contributed by atoms with Crippen LogP contribution in [0, 0.1) is 5.92 Å². The number of ether oxygens (including phenoxy) is 1. The van der Waals surface area contributed by atoms with Crippen LogP contribution >= 0.6 is 11.6 Å². The lowest BCUT2D eigenvalue weighted by atomic mass is 10.1. The summed E-state index contributed by atoms with van der Waals surface area (Å²) in [5, 5.41) is 3.23. The van der Waals surface area contributed by atoms with Gasteiger partial charge in [-0.1, -0.05) is 11.6 Å². The van der Waals surface area contributed by atoms with Gasteiger partial charge in [0.25, 0.3) is 0 Å². The summed E-state index contributed by atoms with van der Waals surface area (Å²) in [5.74, 6) is -1.01. The lowest BCUT2D eigenvalue weighted by molar-refractivity contribution is -0.122. The van der Waals surface area contributed by atoms with Gasteiger partial charge in [-0.3, -0.25) is 14.4 Å². The molecule has 3 rings (SSSR count). The van der Waals surface area contributed by atoms with Crippen molar-refractivity contribution in [2.24, 2.45) is 11.7 Å². The Hall–Kier alpha value is -3.06. The minimum atomic E-state index is -0.541. The molecular weight excluding hydrogens is 370 g/mol. The zero-order valence-corrected chi connectivity index (χ0v) is 15.3. The molecule has 0 radical (unpaired) electrons. The predicted octanol–water partition coefficient (Wildman–Crippen LogP) is 2.44. The number of nitrogens with zero attached hydrogens (tertiary/aromatic N) is 1. The van der Waals surface area contributed by atoms with Crippen molar-refractivity contribution < 1.29 is 19.1 Å². The van der Waals surface area contributed by atoms with Crippen molar-refractivity contribution in [3.8, 4) is 5.75 Å². The molecule has 2 aromatic carbocycles. The summed E-state index contributed by atoms with van der Waals surface area (Å²) < 4.78 is 5.29. The summed E-state index contributed by atoms with van der Waals surface area (Å²) in [6, 6.07) is 11.2. The minimum absolute atomic E-state index is 0.0842. The van der Waals surface area contributed by atoms with E-state index in [1.54, 1.807) is 30.3 Å². The first kappa shape index (κ1) is 18.7. The molecule has 0 aliphatic carbocycles. The monoisotopic (exact) mass is 387 g/mol. The SMILES string of the molecule is COc1ccc(Cl)cc1N1C[C@@H](C(=O)Nc2ccc(C(N)=O)cc2)CC1=O. The number of carbonyl (C=O) groups excluding carboxylic acids is 3. The third-order valence-corrected chi connectivity index (χ3v) is 4.60. The second-order valence-corrected chi connectivity index (χ2v) is 6.59. The summed E-state index contributed by atoms with van der Waals surface area (Å²) in [6.07, 6.45) is 0.0842. The lowest BCUT2D eigenvalue weighted by Gasteiger charge is -2.20. The molecule has 27 heavy (non-hydrogen) atoms. The van der Waals surface area contributed by atoms with Crippen molar-refractivity contribution in [3.63, 3.8) is 0 Å². The number of carbonyl (C=O) groups is 3. The molecule has 1 heterocycles. The molecule has 3 amide bonds. The predicted molar refractivity (Wildman–Crippen MR) is 102 cm³/mol. The minimum Gasteiger partial charge on any atom is -0.495 e. The summed E-state index contributed by atoms with van der Waals surface area (Å²) >= 11 is 6.04. The number of rotatable bonds is 5. The van der Waals surface area contributed by atoms with Gasteiger partial charge in [-0.15, -0.1) is 0 Å². The largest absolute Gasteiger partial charge is 0.495 e. The van der Waals surface area contributed by atoms with Crippen molar-refractivity contribution in [3.05, 3.63) is 53.1 Å². The molecule has 1 aliphatic rings. The molecule has 3 N–H and O–H groups in total. The molecule has 7 nitrogen and oxygen atoms in total. The highest BCUT2D eigenvalue weighted by molar-refractivity contribution is 6.31. The first-order chi connectivity index (χ1) is 12.9. The van der Waals surface area contributed by atoms with Crippen LogP contribution in [0.3, 0.4) is 0 Å². The smallest absolute Gasteiger partial charge is 0.248 e. The second-order valence-electron chi connectivity index (χ2n) is 6.15. The number of hydrogen-bond acceptors (Lipinski definition) is 4. The molecule has 0 saturated carbocycles. The highest BCUT2D eigenvalue weighted by atomic mass is 35.5. The number of anilines is 2. The van der Waals surface area contributed by atoms with E-state index >= 15 is 0 Å². The Kier molecular flexibility index (Phi) is 5.32. The fraction of sp³-hybridized carbons (Fsp3) is 0.211. The Balaban J connectivity index is 1.72. The quantitative estimate of drug-likeness (QED) is 0.822. The van der Waals surface area contributed by atoms with Crippen molar-refractivity contribution in [2.45, 2.75) is 6.42 Å². The lowest BCUT2D eigenvalue weighted by Crippen LogP contribution is -2.28. The molecule has 8 heteroatoms. The van der Waals surface area contributed by atoms with Gasteiger partial charge in [-0.25, -0.2) is 0 Å². The molecule has 1 atom stereocenters. The maximum absolute atomic E-state index is 12.5. The van der Waals surface area contributed by atoms with E-state index in [9.17, 15) is 14.4 Å². The molecule has 1 fully saturated rings. The molecule has 1 saturated heterocycles. The van der Waals surface area contributed by atoms with Crippen LogP contribution in [0.1, 0.15) is 16.8 Å². The number of primary amides is 1. The van der Waals surface area contributed by atoms with E-state index in [2.05, 4.69) is 5.32 Å². The standard InChI is InChI=1S/C19H18ClN3O4/c1-27-16-7-4-13(20)9-15(16)23-10-12(8-17(23)24)19(26)22-14-5-2-11(3-6-14)18(21)25/h2-7,9,12H,8,10H2,1H3,(H2,21,25)(H,22,26)/t12-/m0/s1. The third kappa shape index (κ3) is 4.03. The number of benzene rings is 2. The molecule has 140 valence electrons. The van der Waals surface area contributed by atoms with Crippen LogP contribution in [0.15, 0.2) is 42.5 Å². The van der Waals surface area contributed by atoms with Crippen LogP contribution in [0.5, 0.6) is 5.75 Å². The number of methoxy groups -OCH3 is 1. The molecule has 0 spiro atoms. The Morgan fingerprint density at radius 1 is 1.22 bits per heavy atom. The first-order valence-corrected chi connectivity index (χ1v) is 8.61. The van der Waals surface area contributed by atoms with E-state index in [-0.39, 0.29) is 24.8 Å². The van der Waals surface area contributed by atoms with Gasteiger partial charge in [0, 0.05) is 29.2 Å². The van der Waals surface area contributed by atoms with Crippen molar-refractivity contribution >= 4 is 40.7 Å². The fourth-order valence-electron chi connectivity index (χ4n) is 2.95. The topological polar surface area (TPSA) is 102 Å². The fourth-order valence-corrected chi connectivity index (χ4v) is 3.12. The normalized spacial score (nSPS) is 16.3. The molecule has 1 aliphatic heterocycles. The molecule has 0 aromatic heterocycles. The highest BCUT2D eigenvalue weighted by Crippen LogP contribution is 2.35. The summed E-state index contributed by atoms with van der Waals surface area (Å²) in [5.41, 5.74) is 6.61. The van der Waals surface area contributed by atoms with Gasteiger partial charge in [0.15, 0.2) is 0 Å². The van der Waals surface area contributed by atoms with Crippen molar-refractivity contribution in [1.29, 1.82) is 0 Å². The highest BCUT2D eigenvalue weighted by Gasteiger charge is 2.36. The van der Waals surface area contributed by atoms with Crippen molar-refractivity contribution in [1.82, 2.24) is 0 Å². The van der Waals surface area contributed by atoms with Gasteiger partial charge >= 0.3 is 0 Å². The maximum atomic E-state index is 12.5. The van der Waals surface area contributed by atoms with Gasteiger partial charge in [0.1, 0.15) is 5.75 Å². The Labute approximate surface area is 161 Å². The number of halogens is 1. The Morgan fingerprint density at radius 2 is 1.93 bits per heavy atom. The van der Waals surface area contributed by atoms with E-state index in [0.717, 1.165) is 0 Å². The van der Waals surface area contributed by atoms with Gasteiger partial charge in [0.2, 0.25) is 17.7 Å². The molecule has 2 aromatic rings. The first-order valence-electron chi connectivity index (χ1n) is 8.23. The van der Waals surface area contributed by atoms with Gasteiger partial charge in [-0.05, 0) is 42.5 Å². The van der Waals surface area contributed by atoms with E-state index in [0.29, 0.717) is 27.7 Å². The van der Waals surface area contributed by atoms with E-state index < -0.39 is 11.8 Å². The van der Waals surface area contributed by atoms with Crippen LogP contribution in [-0.4, -0.2) is 31.4 Å².